The van der Waals surface area contributed by atoms with Crippen LogP contribution in [0.4, 0.5) is 13.2 Å². The SMILES string of the molecule is NC/C=C/COc1ccc(OC(F)(F)F)c(Br)c1. The van der Waals surface area contributed by atoms with Crippen molar-refractivity contribution in [1.82, 2.24) is 0 Å². The standard InChI is InChI=1S/C11H11BrF3NO2/c12-9-7-8(17-6-2-1-5-16)3-4-10(9)18-11(13,14)15/h1-4,7H,5-6,16H2/b2-1+. The molecule has 0 saturated carbocycles. The van der Waals surface area contributed by atoms with E-state index < -0.39 is 6.36 Å². The number of hydrogen-bond acceptors (Lipinski definition) is 3. The van der Waals surface area contributed by atoms with Crippen LogP contribution in [-0.4, -0.2) is 19.5 Å². The van der Waals surface area contributed by atoms with Crippen molar-refractivity contribution < 1.29 is 22.6 Å². The second-order valence-corrected chi connectivity index (χ2v) is 4.01. The minimum atomic E-state index is -4.71. The molecule has 0 amide bonds. The Balaban J connectivity index is 2.64. The van der Waals surface area contributed by atoms with Crippen LogP contribution in [0.1, 0.15) is 0 Å². The van der Waals surface area contributed by atoms with Crippen LogP contribution >= 0.6 is 15.9 Å². The van der Waals surface area contributed by atoms with Gasteiger partial charge in [0.2, 0.25) is 0 Å². The predicted octanol–water partition coefficient (Wildman–Crippen LogP) is 3.24. The number of benzene rings is 1. The topological polar surface area (TPSA) is 44.5 Å². The molecule has 0 aliphatic carbocycles. The Morgan fingerprint density at radius 2 is 2.00 bits per heavy atom. The molecule has 18 heavy (non-hydrogen) atoms. The number of nitrogens with two attached hydrogens (primary N) is 1. The van der Waals surface area contributed by atoms with Gasteiger partial charge < -0.3 is 15.2 Å². The van der Waals surface area contributed by atoms with Crippen LogP contribution in [0.25, 0.3) is 0 Å². The maximum Gasteiger partial charge on any atom is 0.573 e. The van der Waals surface area contributed by atoms with Gasteiger partial charge in [-0.15, -0.1) is 13.2 Å². The van der Waals surface area contributed by atoms with Gasteiger partial charge in [0, 0.05) is 6.54 Å². The number of alkyl halides is 3. The number of rotatable bonds is 5. The summed E-state index contributed by atoms with van der Waals surface area (Å²) < 4.78 is 45.3. The van der Waals surface area contributed by atoms with Gasteiger partial charge in [0.15, 0.2) is 0 Å². The monoisotopic (exact) mass is 325 g/mol. The van der Waals surface area contributed by atoms with E-state index in [0.717, 1.165) is 0 Å². The predicted molar refractivity (Wildman–Crippen MR) is 64.5 cm³/mol. The lowest BCUT2D eigenvalue weighted by atomic mass is 10.3. The molecular formula is C11H11BrF3NO2. The second kappa shape index (κ2) is 6.65. The zero-order valence-corrected chi connectivity index (χ0v) is 10.8. The Labute approximate surface area is 110 Å². The maximum atomic E-state index is 12.0. The van der Waals surface area contributed by atoms with Gasteiger partial charge in [0.05, 0.1) is 4.47 Å². The van der Waals surface area contributed by atoms with E-state index in [0.29, 0.717) is 18.9 Å². The fourth-order valence-electron chi connectivity index (χ4n) is 1.09. The van der Waals surface area contributed by atoms with Crippen LogP contribution < -0.4 is 15.2 Å². The van der Waals surface area contributed by atoms with Gasteiger partial charge in [0.1, 0.15) is 18.1 Å². The summed E-state index contributed by atoms with van der Waals surface area (Å²) in [6, 6.07) is 3.97. The van der Waals surface area contributed by atoms with Gasteiger partial charge in [-0.25, -0.2) is 0 Å². The summed E-state index contributed by atoms with van der Waals surface area (Å²) in [4.78, 5) is 0. The first-order valence-corrected chi connectivity index (χ1v) is 5.75. The zero-order chi connectivity index (χ0) is 13.6. The maximum absolute atomic E-state index is 12.0. The molecule has 1 aromatic carbocycles. The molecule has 0 radical (unpaired) electrons. The molecule has 1 rings (SSSR count). The highest BCUT2D eigenvalue weighted by molar-refractivity contribution is 9.10. The first kappa shape index (κ1) is 14.8. The van der Waals surface area contributed by atoms with Crippen molar-refractivity contribution in [2.24, 2.45) is 5.73 Å². The third kappa shape index (κ3) is 5.42. The van der Waals surface area contributed by atoms with E-state index >= 15 is 0 Å². The lowest BCUT2D eigenvalue weighted by Gasteiger charge is -2.11. The van der Waals surface area contributed by atoms with Gasteiger partial charge in [-0.05, 0) is 34.1 Å². The van der Waals surface area contributed by atoms with Crippen molar-refractivity contribution in [1.29, 1.82) is 0 Å². The quantitative estimate of drug-likeness (QED) is 0.845. The van der Waals surface area contributed by atoms with Crippen LogP contribution in [0.2, 0.25) is 0 Å². The largest absolute Gasteiger partial charge is 0.573 e. The molecule has 7 heteroatoms. The second-order valence-electron chi connectivity index (χ2n) is 3.16. The van der Waals surface area contributed by atoms with E-state index in [2.05, 4.69) is 20.7 Å². The highest BCUT2D eigenvalue weighted by Crippen LogP contribution is 2.33. The fraction of sp³-hybridized carbons (Fsp3) is 0.273. The molecule has 1 aromatic rings. The molecule has 0 fully saturated rings. The Morgan fingerprint density at radius 3 is 2.56 bits per heavy atom. The molecule has 0 atom stereocenters. The van der Waals surface area contributed by atoms with Crippen LogP contribution in [0.3, 0.4) is 0 Å². The molecule has 3 nitrogen and oxygen atoms in total. The van der Waals surface area contributed by atoms with Crippen LogP contribution in [0, 0.1) is 0 Å². The lowest BCUT2D eigenvalue weighted by molar-refractivity contribution is -0.274. The molecule has 0 aromatic heterocycles. The average molecular weight is 326 g/mol. The van der Waals surface area contributed by atoms with Crippen molar-refractivity contribution in [3.05, 3.63) is 34.8 Å². The summed E-state index contributed by atoms with van der Waals surface area (Å²) in [5.74, 6) is 0.116. The Bertz CT molecular complexity index is 421. The van der Waals surface area contributed by atoms with Crippen molar-refractivity contribution in [2.75, 3.05) is 13.2 Å². The van der Waals surface area contributed by atoms with Crippen LogP contribution in [-0.2, 0) is 0 Å². The van der Waals surface area contributed by atoms with Crippen LogP contribution in [0.15, 0.2) is 34.8 Å². The molecule has 0 saturated heterocycles. The summed E-state index contributed by atoms with van der Waals surface area (Å²) in [5, 5.41) is 0. The molecule has 2 N–H and O–H groups in total. The van der Waals surface area contributed by atoms with Gasteiger partial charge in [-0.1, -0.05) is 12.2 Å². The Kier molecular flexibility index (Phi) is 5.49. The van der Waals surface area contributed by atoms with Gasteiger partial charge in [0.25, 0.3) is 0 Å². The summed E-state index contributed by atoms with van der Waals surface area (Å²) in [7, 11) is 0. The minimum absolute atomic E-state index is 0.167. The number of ether oxygens (including phenoxy) is 2. The van der Waals surface area contributed by atoms with E-state index in [1.807, 2.05) is 0 Å². The molecule has 100 valence electrons. The Morgan fingerprint density at radius 1 is 1.28 bits per heavy atom. The zero-order valence-electron chi connectivity index (χ0n) is 9.21. The van der Waals surface area contributed by atoms with E-state index in [1.165, 1.54) is 18.2 Å². The summed E-state index contributed by atoms with van der Waals surface area (Å²) in [6.45, 7) is 0.703. The van der Waals surface area contributed by atoms with E-state index in [4.69, 9.17) is 10.5 Å². The highest BCUT2D eigenvalue weighted by atomic mass is 79.9. The van der Waals surface area contributed by atoms with Gasteiger partial charge in [-0.3, -0.25) is 0 Å². The molecule has 0 spiro atoms. The third-order valence-corrected chi connectivity index (χ3v) is 2.40. The summed E-state index contributed by atoms with van der Waals surface area (Å²) >= 11 is 2.98. The number of hydrogen-bond donors (Lipinski definition) is 1. The third-order valence-electron chi connectivity index (χ3n) is 1.78. The minimum Gasteiger partial charge on any atom is -0.489 e. The van der Waals surface area contributed by atoms with E-state index in [9.17, 15) is 13.2 Å². The number of halogens is 4. The molecule has 0 bridgehead atoms. The van der Waals surface area contributed by atoms with E-state index in [-0.39, 0.29) is 10.2 Å². The Hall–Kier alpha value is -1.21. The smallest absolute Gasteiger partial charge is 0.489 e. The van der Waals surface area contributed by atoms with Crippen molar-refractivity contribution in [3.63, 3.8) is 0 Å². The van der Waals surface area contributed by atoms with Crippen LogP contribution in [0.5, 0.6) is 11.5 Å². The molecule has 0 aliphatic rings. The first-order chi connectivity index (χ1) is 8.42. The summed E-state index contributed by atoms with van der Waals surface area (Å²) in [6.07, 6.45) is -1.28. The van der Waals surface area contributed by atoms with Gasteiger partial charge in [-0.2, -0.15) is 0 Å². The average Bonchev–Trinajstić information content (AvgIpc) is 2.26. The van der Waals surface area contributed by atoms with Crippen molar-refractivity contribution in [2.45, 2.75) is 6.36 Å². The van der Waals surface area contributed by atoms with E-state index in [1.54, 1.807) is 12.2 Å². The molecule has 0 unspecified atom stereocenters. The fourth-order valence-corrected chi connectivity index (χ4v) is 1.53. The first-order valence-electron chi connectivity index (χ1n) is 4.95. The van der Waals surface area contributed by atoms with Crippen molar-refractivity contribution in [3.8, 4) is 11.5 Å². The summed E-state index contributed by atoms with van der Waals surface area (Å²) in [5.41, 5.74) is 5.24. The lowest BCUT2D eigenvalue weighted by Crippen LogP contribution is -2.17. The van der Waals surface area contributed by atoms with Gasteiger partial charge >= 0.3 is 6.36 Å². The molecular weight excluding hydrogens is 315 g/mol. The molecule has 0 aliphatic heterocycles. The highest BCUT2D eigenvalue weighted by Gasteiger charge is 2.31. The normalized spacial score (nSPS) is 11.8. The van der Waals surface area contributed by atoms with Crippen molar-refractivity contribution >= 4 is 15.9 Å². The molecule has 0 heterocycles.